The smallest absolute Gasteiger partial charge is 0.235 e. The summed E-state index contributed by atoms with van der Waals surface area (Å²) < 4.78 is 0. The average Bonchev–Trinajstić information content (AvgIpc) is 2.88. The molecule has 0 aromatic heterocycles. The van der Waals surface area contributed by atoms with Gasteiger partial charge in [-0.15, -0.1) is 0 Å². The van der Waals surface area contributed by atoms with Gasteiger partial charge < -0.3 is 10.4 Å². The van der Waals surface area contributed by atoms with Crippen LogP contribution in [-0.4, -0.2) is 28.9 Å². The number of ketones is 1. The molecule has 1 aliphatic heterocycles. The summed E-state index contributed by atoms with van der Waals surface area (Å²) in [6.45, 7) is 10.7. The molecule has 1 unspecified atom stereocenters. The number of allylic oxidation sites excluding steroid dienone is 5. The predicted molar refractivity (Wildman–Crippen MR) is 111 cm³/mol. The van der Waals surface area contributed by atoms with Gasteiger partial charge in [-0.25, -0.2) is 0 Å². The minimum absolute atomic E-state index is 0.00485. The molecule has 4 heteroatoms. The summed E-state index contributed by atoms with van der Waals surface area (Å²) in [5.41, 5.74) is 1.33. The molecule has 2 N–H and O–H groups in total. The van der Waals surface area contributed by atoms with Crippen LogP contribution in [0.1, 0.15) is 60.3 Å². The lowest BCUT2D eigenvalue weighted by atomic mass is 9.55. The van der Waals surface area contributed by atoms with Gasteiger partial charge in [0.25, 0.3) is 0 Å². The SMILES string of the molecule is CC1=C[C@@H]2/C=C(\C)CCCC(O)/C=C/C(=O)[C@]23C(=O)N[C@@H](CC(C)C)[C@@H]3[C@@H]1C. The number of hydrogen-bond donors (Lipinski definition) is 2. The number of hydrogen-bond acceptors (Lipinski definition) is 3. The topological polar surface area (TPSA) is 66.4 Å². The van der Waals surface area contributed by atoms with Crippen LogP contribution in [-0.2, 0) is 9.59 Å². The van der Waals surface area contributed by atoms with Gasteiger partial charge in [-0.3, -0.25) is 9.59 Å². The molecule has 28 heavy (non-hydrogen) atoms. The van der Waals surface area contributed by atoms with E-state index in [-0.39, 0.29) is 35.5 Å². The standard InChI is InChI=1S/C24H35NO3/c1-14(2)11-20-22-17(5)16(4)13-18-12-15(3)7-6-8-19(26)9-10-21(27)24(18,22)23(28)25-20/h9-10,12-14,17-20,22,26H,6-8,11H2,1-5H3,(H,25,28)/b10-9+,15-12+/t17-,18+,19?,20+,22+,24-/m1/s1. The molecule has 1 saturated heterocycles. The van der Waals surface area contributed by atoms with Crippen LogP contribution >= 0.6 is 0 Å². The Hall–Kier alpha value is -1.68. The number of aliphatic hydroxyl groups excluding tert-OH is 1. The fraction of sp³-hybridized carbons (Fsp3) is 0.667. The molecular formula is C24H35NO3. The Morgan fingerprint density at radius 3 is 2.64 bits per heavy atom. The molecule has 0 aromatic rings. The first-order valence-corrected chi connectivity index (χ1v) is 10.7. The van der Waals surface area contributed by atoms with Gasteiger partial charge in [-0.05, 0) is 57.4 Å². The average molecular weight is 386 g/mol. The van der Waals surface area contributed by atoms with Crippen molar-refractivity contribution in [2.75, 3.05) is 0 Å². The number of aliphatic hydroxyl groups is 1. The van der Waals surface area contributed by atoms with E-state index in [1.165, 1.54) is 17.2 Å². The largest absolute Gasteiger partial charge is 0.389 e. The summed E-state index contributed by atoms with van der Waals surface area (Å²) in [5, 5.41) is 13.4. The second-order valence-electron chi connectivity index (χ2n) is 9.53. The quantitative estimate of drug-likeness (QED) is 0.558. The molecular weight excluding hydrogens is 350 g/mol. The van der Waals surface area contributed by atoms with Gasteiger partial charge in [0.1, 0.15) is 5.41 Å². The Bertz CT molecular complexity index is 732. The van der Waals surface area contributed by atoms with Crippen LogP contribution in [0.25, 0.3) is 0 Å². The number of carbonyl (C=O) groups is 2. The van der Waals surface area contributed by atoms with Crippen LogP contribution in [0.15, 0.2) is 35.5 Å². The van der Waals surface area contributed by atoms with Crippen molar-refractivity contribution in [2.24, 2.45) is 29.1 Å². The Labute approximate surface area is 169 Å². The lowest BCUT2D eigenvalue weighted by molar-refractivity contribution is -0.142. The molecule has 0 bridgehead atoms. The molecule has 4 nitrogen and oxygen atoms in total. The molecule has 6 atom stereocenters. The van der Waals surface area contributed by atoms with Crippen LogP contribution in [0.5, 0.6) is 0 Å². The van der Waals surface area contributed by atoms with Gasteiger partial charge in [0.2, 0.25) is 5.91 Å². The number of amides is 1. The van der Waals surface area contributed by atoms with Crippen LogP contribution in [0.2, 0.25) is 0 Å². The molecule has 3 aliphatic rings. The lowest BCUT2D eigenvalue weighted by Gasteiger charge is -2.44. The molecule has 1 fully saturated rings. The highest BCUT2D eigenvalue weighted by atomic mass is 16.3. The highest BCUT2D eigenvalue weighted by Gasteiger charge is 2.64. The molecule has 1 heterocycles. The fourth-order valence-electron chi connectivity index (χ4n) is 5.56. The van der Waals surface area contributed by atoms with Gasteiger partial charge in [0.05, 0.1) is 6.10 Å². The van der Waals surface area contributed by atoms with Crippen molar-refractivity contribution in [1.29, 1.82) is 0 Å². The van der Waals surface area contributed by atoms with Crippen molar-refractivity contribution < 1.29 is 14.7 Å². The van der Waals surface area contributed by atoms with Gasteiger partial charge in [0.15, 0.2) is 5.78 Å². The summed E-state index contributed by atoms with van der Waals surface area (Å²) in [7, 11) is 0. The first kappa shape index (κ1) is 21.0. The zero-order chi connectivity index (χ0) is 20.6. The molecule has 0 saturated carbocycles. The third-order valence-electron chi connectivity index (χ3n) is 7.01. The van der Waals surface area contributed by atoms with E-state index in [0.29, 0.717) is 12.3 Å². The molecule has 0 radical (unpaired) electrons. The Morgan fingerprint density at radius 2 is 1.96 bits per heavy atom. The predicted octanol–water partition coefficient (Wildman–Crippen LogP) is 3.96. The fourth-order valence-corrected chi connectivity index (χ4v) is 5.56. The second kappa shape index (κ2) is 7.98. The maximum atomic E-state index is 13.6. The molecule has 3 rings (SSSR count). The van der Waals surface area contributed by atoms with Crippen molar-refractivity contribution in [3.63, 3.8) is 0 Å². The number of nitrogens with one attached hydrogen (secondary N) is 1. The normalized spacial score (nSPS) is 41.9. The van der Waals surface area contributed by atoms with Crippen molar-refractivity contribution >= 4 is 11.7 Å². The Kier molecular flexibility index (Phi) is 6.00. The maximum absolute atomic E-state index is 13.6. The Morgan fingerprint density at radius 1 is 1.25 bits per heavy atom. The number of carbonyl (C=O) groups excluding carboxylic acids is 2. The summed E-state index contributed by atoms with van der Waals surface area (Å²) >= 11 is 0. The van der Waals surface area contributed by atoms with E-state index in [1.54, 1.807) is 6.08 Å². The van der Waals surface area contributed by atoms with E-state index in [0.717, 1.165) is 19.3 Å². The van der Waals surface area contributed by atoms with Gasteiger partial charge >= 0.3 is 0 Å². The maximum Gasteiger partial charge on any atom is 0.235 e. The summed E-state index contributed by atoms with van der Waals surface area (Å²) in [6.07, 6.45) is 9.95. The van der Waals surface area contributed by atoms with Crippen molar-refractivity contribution in [1.82, 2.24) is 5.32 Å². The van der Waals surface area contributed by atoms with Crippen LogP contribution in [0, 0.1) is 29.1 Å². The van der Waals surface area contributed by atoms with Crippen molar-refractivity contribution in [3.05, 3.63) is 35.5 Å². The molecule has 0 aromatic carbocycles. The van der Waals surface area contributed by atoms with E-state index in [9.17, 15) is 14.7 Å². The van der Waals surface area contributed by atoms with Crippen molar-refractivity contribution in [3.8, 4) is 0 Å². The summed E-state index contributed by atoms with van der Waals surface area (Å²) in [4.78, 5) is 27.1. The summed E-state index contributed by atoms with van der Waals surface area (Å²) in [5.74, 6) is -0.0253. The van der Waals surface area contributed by atoms with Crippen LogP contribution in [0.3, 0.4) is 0 Å². The Balaban J connectivity index is 2.20. The first-order chi connectivity index (χ1) is 13.2. The number of rotatable bonds is 2. The van der Waals surface area contributed by atoms with E-state index in [2.05, 4.69) is 52.1 Å². The van der Waals surface area contributed by atoms with E-state index in [4.69, 9.17) is 0 Å². The van der Waals surface area contributed by atoms with E-state index >= 15 is 0 Å². The highest BCUT2D eigenvalue weighted by Crippen LogP contribution is 2.55. The minimum Gasteiger partial charge on any atom is -0.389 e. The third-order valence-corrected chi connectivity index (χ3v) is 7.01. The summed E-state index contributed by atoms with van der Waals surface area (Å²) in [6, 6.07) is -0.00485. The molecule has 154 valence electrons. The van der Waals surface area contributed by atoms with Crippen LogP contribution < -0.4 is 5.32 Å². The first-order valence-electron chi connectivity index (χ1n) is 10.7. The molecule has 1 spiro atoms. The zero-order valence-corrected chi connectivity index (χ0v) is 17.9. The second-order valence-corrected chi connectivity index (χ2v) is 9.53. The van der Waals surface area contributed by atoms with Gasteiger partial charge in [-0.1, -0.05) is 50.1 Å². The molecule has 2 aliphatic carbocycles. The third kappa shape index (κ3) is 3.52. The van der Waals surface area contributed by atoms with Gasteiger partial charge in [-0.2, -0.15) is 0 Å². The van der Waals surface area contributed by atoms with E-state index in [1.807, 2.05) is 0 Å². The highest BCUT2D eigenvalue weighted by molar-refractivity contribution is 6.13. The zero-order valence-electron chi connectivity index (χ0n) is 17.9. The van der Waals surface area contributed by atoms with Gasteiger partial charge in [0, 0.05) is 17.9 Å². The minimum atomic E-state index is -1.11. The van der Waals surface area contributed by atoms with Crippen LogP contribution in [0.4, 0.5) is 0 Å². The monoisotopic (exact) mass is 385 g/mol. The van der Waals surface area contributed by atoms with E-state index < -0.39 is 11.5 Å². The molecule has 1 amide bonds. The lowest BCUT2D eigenvalue weighted by Crippen LogP contribution is -2.51. The van der Waals surface area contributed by atoms with Crippen molar-refractivity contribution in [2.45, 2.75) is 72.4 Å².